The third-order valence-electron chi connectivity index (χ3n) is 3.94. The topological polar surface area (TPSA) is 59.5 Å². The van der Waals surface area contributed by atoms with E-state index in [4.69, 9.17) is 9.84 Å². The van der Waals surface area contributed by atoms with Crippen LogP contribution in [0.1, 0.15) is 5.56 Å². The zero-order chi connectivity index (χ0) is 16.4. The van der Waals surface area contributed by atoms with Gasteiger partial charge in [0.05, 0.1) is 18.0 Å². The van der Waals surface area contributed by atoms with Gasteiger partial charge >= 0.3 is 0 Å². The highest BCUT2D eigenvalue weighted by Gasteiger charge is 2.31. The smallest absolute Gasteiger partial charge is 0.251 e. The molecule has 2 aromatic carbocycles. The van der Waals surface area contributed by atoms with E-state index in [1.807, 2.05) is 71.5 Å². The highest BCUT2D eigenvalue weighted by molar-refractivity contribution is 5.83. The summed E-state index contributed by atoms with van der Waals surface area (Å²) in [6.45, 7) is 0.941. The van der Waals surface area contributed by atoms with Gasteiger partial charge in [-0.05, 0) is 12.1 Å². The van der Waals surface area contributed by atoms with Crippen molar-refractivity contribution in [1.82, 2.24) is 15.1 Å². The molecule has 1 aliphatic heterocycles. The quantitative estimate of drug-likeness (QED) is 0.735. The maximum absolute atomic E-state index is 11.8. The van der Waals surface area contributed by atoms with Crippen molar-refractivity contribution in [3.63, 3.8) is 0 Å². The number of rotatable bonds is 5. The van der Waals surface area contributed by atoms with Crippen molar-refractivity contribution in [1.29, 1.82) is 0 Å². The summed E-state index contributed by atoms with van der Waals surface area (Å²) >= 11 is 0. The van der Waals surface area contributed by atoms with E-state index in [1.165, 1.54) is 0 Å². The minimum atomic E-state index is -0.283. The maximum Gasteiger partial charge on any atom is 0.251 e. The largest absolute Gasteiger partial charge is 0.363 e. The van der Waals surface area contributed by atoms with Crippen molar-refractivity contribution >= 4 is 5.91 Å². The van der Waals surface area contributed by atoms with Gasteiger partial charge in [-0.1, -0.05) is 48.5 Å². The number of epoxide rings is 1. The summed E-state index contributed by atoms with van der Waals surface area (Å²) in [5, 5.41) is 7.64. The van der Waals surface area contributed by atoms with Gasteiger partial charge in [0.25, 0.3) is 5.91 Å². The number of para-hydroxylation sites is 1. The maximum atomic E-state index is 11.8. The van der Waals surface area contributed by atoms with Crippen LogP contribution in [-0.4, -0.2) is 28.4 Å². The normalized spacial score (nSPS) is 15.9. The zero-order valence-electron chi connectivity index (χ0n) is 13.1. The summed E-state index contributed by atoms with van der Waals surface area (Å²) in [5.74, 6) is -0.0681. The SMILES string of the molecule is O=C(NCc1cn(-c2ccccc2)nc1-c1ccccc1)C1CO1. The molecule has 1 fully saturated rings. The number of hydrogen-bond donors (Lipinski definition) is 1. The first-order valence-corrected chi connectivity index (χ1v) is 7.90. The lowest BCUT2D eigenvalue weighted by Crippen LogP contribution is -2.27. The Morgan fingerprint density at radius 2 is 1.79 bits per heavy atom. The number of nitrogens with zero attached hydrogens (tertiary/aromatic N) is 2. The molecule has 4 rings (SSSR count). The first kappa shape index (κ1) is 14.7. The van der Waals surface area contributed by atoms with Gasteiger partial charge in [0.2, 0.25) is 0 Å². The van der Waals surface area contributed by atoms with Gasteiger partial charge in [0, 0.05) is 23.9 Å². The van der Waals surface area contributed by atoms with Gasteiger partial charge < -0.3 is 10.1 Å². The van der Waals surface area contributed by atoms with E-state index in [1.54, 1.807) is 0 Å². The fourth-order valence-corrected chi connectivity index (χ4v) is 2.59. The number of nitrogens with one attached hydrogen (secondary N) is 1. The first-order valence-electron chi connectivity index (χ1n) is 7.90. The number of aromatic nitrogens is 2. The van der Waals surface area contributed by atoms with Crippen LogP contribution < -0.4 is 5.32 Å². The molecule has 24 heavy (non-hydrogen) atoms. The Morgan fingerprint density at radius 3 is 2.46 bits per heavy atom. The molecule has 0 aliphatic carbocycles. The average molecular weight is 319 g/mol. The molecule has 120 valence electrons. The predicted octanol–water partition coefficient (Wildman–Crippen LogP) is 2.55. The van der Waals surface area contributed by atoms with E-state index in [9.17, 15) is 4.79 Å². The number of benzene rings is 2. The van der Waals surface area contributed by atoms with Gasteiger partial charge in [-0.2, -0.15) is 5.10 Å². The molecule has 0 spiro atoms. The highest BCUT2D eigenvalue weighted by Crippen LogP contribution is 2.23. The molecule has 0 saturated carbocycles. The summed E-state index contributed by atoms with van der Waals surface area (Å²) in [7, 11) is 0. The molecule has 2 heterocycles. The third kappa shape index (κ3) is 3.07. The highest BCUT2D eigenvalue weighted by atomic mass is 16.6. The molecule has 1 atom stereocenters. The van der Waals surface area contributed by atoms with Crippen molar-refractivity contribution in [3.8, 4) is 16.9 Å². The Morgan fingerprint density at radius 1 is 1.12 bits per heavy atom. The monoisotopic (exact) mass is 319 g/mol. The van der Waals surface area contributed by atoms with Gasteiger partial charge in [0.15, 0.2) is 6.10 Å². The van der Waals surface area contributed by atoms with Gasteiger partial charge in [-0.3, -0.25) is 4.79 Å². The molecule has 1 unspecified atom stereocenters. The Balaban J connectivity index is 1.67. The minimum absolute atomic E-state index is 0.0681. The van der Waals surface area contributed by atoms with Crippen molar-refractivity contribution in [3.05, 3.63) is 72.4 Å². The Labute approximate surface area is 139 Å². The van der Waals surface area contributed by atoms with Crippen molar-refractivity contribution in [2.75, 3.05) is 6.61 Å². The summed E-state index contributed by atoms with van der Waals surface area (Å²) in [4.78, 5) is 11.8. The van der Waals surface area contributed by atoms with E-state index < -0.39 is 0 Å². The van der Waals surface area contributed by atoms with Crippen LogP contribution in [0.2, 0.25) is 0 Å². The van der Waals surface area contributed by atoms with Crippen LogP contribution in [0.25, 0.3) is 16.9 Å². The van der Waals surface area contributed by atoms with Gasteiger partial charge in [-0.15, -0.1) is 0 Å². The standard InChI is InChI=1S/C19H17N3O2/c23-19(17-13-24-17)20-11-15-12-22(16-9-5-2-6-10-16)21-18(15)14-7-3-1-4-8-14/h1-10,12,17H,11,13H2,(H,20,23). The summed E-state index contributed by atoms with van der Waals surface area (Å²) in [5.41, 5.74) is 3.85. The van der Waals surface area contributed by atoms with E-state index in [-0.39, 0.29) is 12.0 Å². The fourth-order valence-electron chi connectivity index (χ4n) is 2.59. The van der Waals surface area contributed by atoms with Gasteiger partial charge in [0.1, 0.15) is 0 Å². The van der Waals surface area contributed by atoms with Crippen molar-refractivity contribution < 1.29 is 9.53 Å². The lowest BCUT2D eigenvalue weighted by Gasteiger charge is -2.03. The zero-order valence-corrected chi connectivity index (χ0v) is 13.1. The molecule has 1 aliphatic rings. The molecule has 3 aromatic rings. The molecule has 0 radical (unpaired) electrons. The van der Waals surface area contributed by atoms with Crippen LogP contribution in [0.3, 0.4) is 0 Å². The van der Waals surface area contributed by atoms with Crippen molar-refractivity contribution in [2.45, 2.75) is 12.6 Å². The lowest BCUT2D eigenvalue weighted by molar-refractivity contribution is -0.122. The molecule has 1 aromatic heterocycles. The van der Waals surface area contributed by atoms with E-state index in [0.29, 0.717) is 13.2 Å². The Bertz CT molecular complexity index is 840. The van der Waals surface area contributed by atoms with Crippen LogP contribution >= 0.6 is 0 Å². The molecule has 1 N–H and O–H groups in total. The van der Waals surface area contributed by atoms with E-state index in [2.05, 4.69) is 5.32 Å². The lowest BCUT2D eigenvalue weighted by atomic mass is 10.1. The molecule has 0 bridgehead atoms. The second-order valence-electron chi connectivity index (χ2n) is 5.69. The summed E-state index contributed by atoms with van der Waals surface area (Å²) in [6, 6.07) is 19.9. The Kier molecular flexibility index (Phi) is 3.84. The molecule has 1 saturated heterocycles. The van der Waals surface area contributed by atoms with Crippen LogP contribution in [-0.2, 0) is 16.1 Å². The first-order chi connectivity index (χ1) is 11.8. The second-order valence-corrected chi connectivity index (χ2v) is 5.69. The van der Waals surface area contributed by atoms with Crippen LogP contribution in [0.4, 0.5) is 0 Å². The summed E-state index contributed by atoms with van der Waals surface area (Å²) < 4.78 is 6.86. The van der Waals surface area contributed by atoms with Crippen LogP contribution in [0, 0.1) is 0 Å². The second kappa shape index (κ2) is 6.29. The number of amides is 1. The van der Waals surface area contributed by atoms with E-state index in [0.717, 1.165) is 22.5 Å². The Hall–Kier alpha value is -2.92. The van der Waals surface area contributed by atoms with Crippen LogP contribution in [0.5, 0.6) is 0 Å². The number of ether oxygens (including phenoxy) is 1. The van der Waals surface area contributed by atoms with Gasteiger partial charge in [-0.25, -0.2) is 4.68 Å². The minimum Gasteiger partial charge on any atom is -0.363 e. The summed E-state index contributed by atoms with van der Waals surface area (Å²) in [6.07, 6.45) is 1.68. The third-order valence-corrected chi connectivity index (χ3v) is 3.94. The number of carbonyl (C=O) groups is 1. The molecule has 1 amide bonds. The molecular formula is C19H17N3O2. The molecular weight excluding hydrogens is 302 g/mol. The molecule has 5 nitrogen and oxygen atoms in total. The molecule has 5 heteroatoms. The van der Waals surface area contributed by atoms with Crippen LogP contribution in [0.15, 0.2) is 66.9 Å². The number of hydrogen-bond acceptors (Lipinski definition) is 3. The van der Waals surface area contributed by atoms with E-state index >= 15 is 0 Å². The predicted molar refractivity (Wildman–Crippen MR) is 90.6 cm³/mol. The van der Waals surface area contributed by atoms with Crippen molar-refractivity contribution in [2.24, 2.45) is 0 Å². The fraction of sp³-hybridized carbons (Fsp3) is 0.158. The number of carbonyl (C=O) groups excluding carboxylic acids is 1. The average Bonchev–Trinajstić information content (AvgIpc) is 3.41.